The first-order valence-electron chi connectivity index (χ1n) is 3.42. The van der Waals surface area contributed by atoms with Crippen molar-refractivity contribution in [2.45, 2.75) is 6.18 Å². The van der Waals surface area contributed by atoms with Crippen molar-refractivity contribution in [3.05, 3.63) is 21.5 Å². The molecule has 2 N–H and O–H groups in total. The summed E-state index contributed by atoms with van der Waals surface area (Å²) >= 11 is 1.51. The standard InChI is InChI=1S/C6H4BF3INO2/c8-6(9,10)4-2-1-3(7(13)14)5(11)12-4/h1-2,13-14H. The fraction of sp³-hybridized carbons (Fsp3) is 0.167. The molecule has 0 aliphatic heterocycles. The Labute approximate surface area is 91.3 Å². The molecule has 0 amide bonds. The van der Waals surface area contributed by atoms with Crippen LogP contribution in [0.3, 0.4) is 0 Å². The predicted molar refractivity (Wildman–Crippen MR) is 51.8 cm³/mol. The number of halogens is 4. The van der Waals surface area contributed by atoms with Crippen LogP contribution >= 0.6 is 22.6 Å². The SMILES string of the molecule is OB(O)c1ccc(C(F)(F)F)nc1I. The fourth-order valence-electron chi connectivity index (χ4n) is 0.796. The molecule has 0 fully saturated rings. The summed E-state index contributed by atoms with van der Waals surface area (Å²) in [6, 6.07) is 1.69. The molecule has 0 aliphatic rings. The molecule has 0 saturated heterocycles. The molecular formula is C6H4BF3INO2. The number of aromatic nitrogens is 1. The van der Waals surface area contributed by atoms with Gasteiger partial charge in [0.1, 0.15) is 9.39 Å². The van der Waals surface area contributed by atoms with Crippen LogP contribution in [0.5, 0.6) is 0 Å². The summed E-state index contributed by atoms with van der Waals surface area (Å²) in [5.41, 5.74) is -1.09. The highest BCUT2D eigenvalue weighted by Crippen LogP contribution is 2.27. The molecule has 3 nitrogen and oxygen atoms in total. The Hall–Kier alpha value is -0.345. The lowest BCUT2D eigenvalue weighted by molar-refractivity contribution is -0.141. The molecule has 0 radical (unpaired) electrons. The summed E-state index contributed by atoms with van der Waals surface area (Å²) in [7, 11) is -1.81. The van der Waals surface area contributed by atoms with Gasteiger partial charge in [-0.25, -0.2) is 4.98 Å². The Bertz CT molecular complexity index is 344. The zero-order chi connectivity index (χ0) is 10.9. The molecule has 1 aromatic heterocycles. The van der Waals surface area contributed by atoms with Gasteiger partial charge in [-0.3, -0.25) is 0 Å². The third kappa shape index (κ3) is 2.58. The molecule has 14 heavy (non-hydrogen) atoms. The lowest BCUT2D eigenvalue weighted by Crippen LogP contribution is -2.33. The maximum absolute atomic E-state index is 12.1. The first-order valence-corrected chi connectivity index (χ1v) is 4.50. The maximum Gasteiger partial charge on any atom is 0.491 e. The molecule has 0 saturated carbocycles. The fourth-order valence-corrected chi connectivity index (χ4v) is 1.51. The molecule has 0 bridgehead atoms. The van der Waals surface area contributed by atoms with Gasteiger partial charge in [0.2, 0.25) is 0 Å². The second-order valence-corrected chi connectivity index (χ2v) is 3.47. The molecule has 1 aromatic rings. The van der Waals surface area contributed by atoms with Crippen molar-refractivity contribution in [3.63, 3.8) is 0 Å². The summed E-state index contributed by atoms with van der Waals surface area (Å²) in [5, 5.41) is 17.5. The third-order valence-corrected chi connectivity index (χ3v) is 2.31. The Balaban J connectivity index is 3.13. The molecule has 0 spiro atoms. The van der Waals surface area contributed by atoms with E-state index in [-0.39, 0.29) is 9.16 Å². The van der Waals surface area contributed by atoms with E-state index in [2.05, 4.69) is 4.98 Å². The summed E-state index contributed by atoms with van der Waals surface area (Å²) in [6.45, 7) is 0. The van der Waals surface area contributed by atoms with Crippen molar-refractivity contribution in [2.75, 3.05) is 0 Å². The molecule has 0 atom stereocenters. The van der Waals surface area contributed by atoms with Crippen LogP contribution in [-0.2, 0) is 6.18 Å². The summed E-state index contributed by atoms with van der Waals surface area (Å²) in [6.07, 6.45) is -4.52. The number of rotatable bonds is 1. The van der Waals surface area contributed by atoms with Gasteiger partial charge >= 0.3 is 13.3 Å². The highest BCUT2D eigenvalue weighted by molar-refractivity contribution is 14.1. The topological polar surface area (TPSA) is 53.4 Å². The van der Waals surface area contributed by atoms with E-state index in [1.165, 1.54) is 22.6 Å². The van der Waals surface area contributed by atoms with Gasteiger partial charge in [-0.2, -0.15) is 13.2 Å². The second kappa shape index (κ2) is 4.03. The van der Waals surface area contributed by atoms with Crippen molar-refractivity contribution in [2.24, 2.45) is 0 Å². The van der Waals surface area contributed by atoms with Crippen LogP contribution in [-0.4, -0.2) is 22.2 Å². The normalized spacial score (nSPS) is 11.6. The summed E-state index contributed by atoms with van der Waals surface area (Å²) < 4.78 is 36.3. The zero-order valence-corrected chi connectivity index (χ0v) is 8.74. The van der Waals surface area contributed by atoms with Crippen LogP contribution in [0.1, 0.15) is 5.69 Å². The van der Waals surface area contributed by atoms with Crippen LogP contribution in [0, 0.1) is 3.70 Å². The number of hydrogen-bond acceptors (Lipinski definition) is 3. The van der Waals surface area contributed by atoms with E-state index in [0.717, 1.165) is 6.07 Å². The number of nitrogens with zero attached hydrogens (tertiary/aromatic N) is 1. The largest absolute Gasteiger partial charge is 0.491 e. The lowest BCUT2D eigenvalue weighted by Gasteiger charge is -2.08. The Kier molecular flexibility index (Phi) is 3.38. The van der Waals surface area contributed by atoms with Crippen LogP contribution in [0.4, 0.5) is 13.2 Å². The minimum Gasteiger partial charge on any atom is -0.423 e. The summed E-state index contributed by atoms with van der Waals surface area (Å²) in [5.74, 6) is 0. The Morgan fingerprint density at radius 2 is 1.86 bits per heavy atom. The molecule has 0 aromatic carbocycles. The van der Waals surface area contributed by atoms with Gasteiger partial charge in [-0.1, -0.05) is 6.07 Å². The van der Waals surface area contributed by atoms with Gasteiger partial charge in [0.15, 0.2) is 0 Å². The molecule has 0 aliphatic carbocycles. The van der Waals surface area contributed by atoms with E-state index < -0.39 is 19.0 Å². The lowest BCUT2D eigenvalue weighted by atomic mass is 9.82. The van der Waals surface area contributed by atoms with Crippen molar-refractivity contribution >= 4 is 35.2 Å². The van der Waals surface area contributed by atoms with Gasteiger partial charge in [-0.15, -0.1) is 0 Å². The van der Waals surface area contributed by atoms with E-state index in [4.69, 9.17) is 10.0 Å². The molecule has 1 rings (SSSR count). The Morgan fingerprint density at radius 1 is 1.29 bits per heavy atom. The average Bonchev–Trinajstić information content (AvgIpc) is 2.01. The predicted octanol–water partition coefficient (Wildman–Crippen LogP) is 0.385. The van der Waals surface area contributed by atoms with E-state index in [1.54, 1.807) is 0 Å². The van der Waals surface area contributed by atoms with Crippen molar-refractivity contribution in [1.82, 2.24) is 4.98 Å². The third-order valence-electron chi connectivity index (χ3n) is 1.45. The van der Waals surface area contributed by atoms with Gasteiger partial charge in [0.25, 0.3) is 0 Å². The van der Waals surface area contributed by atoms with Crippen LogP contribution < -0.4 is 5.46 Å². The van der Waals surface area contributed by atoms with Gasteiger partial charge < -0.3 is 10.0 Å². The average molecular weight is 317 g/mol. The highest BCUT2D eigenvalue weighted by Gasteiger charge is 2.33. The van der Waals surface area contributed by atoms with Crippen LogP contribution in [0.2, 0.25) is 0 Å². The van der Waals surface area contributed by atoms with Crippen LogP contribution in [0.25, 0.3) is 0 Å². The molecule has 0 unspecified atom stereocenters. The first kappa shape index (κ1) is 11.7. The molecule has 1 heterocycles. The molecule has 76 valence electrons. The van der Waals surface area contributed by atoms with E-state index in [1.807, 2.05) is 0 Å². The second-order valence-electron chi connectivity index (χ2n) is 2.45. The van der Waals surface area contributed by atoms with Gasteiger partial charge in [0.05, 0.1) is 0 Å². The van der Waals surface area contributed by atoms with Crippen molar-refractivity contribution in [1.29, 1.82) is 0 Å². The minimum atomic E-state index is -4.52. The molecule has 8 heteroatoms. The van der Waals surface area contributed by atoms with Crippen molar-refractivity contribution in [3.8, 4) is 0 Å². The van der Waals surface area contributed by atoms with E-state index in [9.17, 15) is 13.2 Å². The summed E-state index contributed by atoms with van der Waals surface area (Å²) in [4.78, 5) is 3.21. The molecular weight excluding hydrogens is 313 g/mol. The van der Waals surface area contributed by atoms with E-state index in [0.29, 0.717) is 6.07 Å². The maximum atomic E-state index is 12.1. The van der Waals surface area contributed by atoms with Gasteiger partial charge in [-0.05, 0) is 28.7 Å². The Morgan fingerprint density at radius 3 is 2.21 bits per heavy atom. The van der Waals surface area contributed by atoms with Crippen LogP contribution in [0.15, 0.2) is 12.1 Å². The number of pyridine rings is 1. The first-order chi connectivity index (χ1) is 6.32. The van der Waals surface area contributed by atoms with Gasteiger partial charge in [0, 0.05) is 5.46 Å². The number of alkyl halides is 3. The van der Waals surface area contributed by atoms with Crippen molar-refractivity contribution < 1.29 is 23.2 Å². The zero-order valence-electron chi connectivity index (χ0n) is 6.59. The smallest absolute Gasteiger partial charge is 0.423 e. The van der Waals surface area contributed by atoms with E-state index >= 15 is 0 Å². The number of hydrogen-bond donors (Lipinski definition) is 2. The highest BCUT2D eigenvalue weighted by atomic mass is 127. The quantitative estimate of drug-likeness (QED) is 0.447. The minimum absolute atomic E-state index is 0.0430. The monoisotopic (exact) mass is 317 g/mol.